The van der Waals surface area contributed by atoms with E-state index in [0.717, 1.165) is 31.2 Å². The molecule has 1 aliphatic carbocycles. The lowest BCUT2D eigenvalue weighted by molar-refractivity contribution is 0.0706. The number of carbonyl (C=O) groups is 1. The normalized spacial score (nSPS) is 13.4. The van der Waals surface area contributed by atoms with Crippen LogP contribution in [0.1, 0.15) is 50.5 Å². The van der Waals surface area contributed by atoms with E-state index in [9.17, 15) is 4.79 Å². The minimum Gasteiger partial charge on any atom is -0.288 e. The second-order valence-corrected chi connectivity index (χ2v) is 7.13. The Kier molecular flexibility index (Phi) is 5.03. The van der Waals surface area contributed by atoms with Gasteiger partial charge in [0.25, 0.3) is 5.91 Å². The molecular weight excluding hydrogens is 334 g/mol. The average Bonchev–Trinajstić information content (AvgIpc) is 2.89. The highest BCUT2D eigenvalue weighted by Crippen LogP contribution is 2.37. The lowest BCUT2D eigenvalue weighted by Crippen LogP contribution is -2.18. The summed E-state index contributed by atoms with van der Waals surface area (Å²) in [5.74, 6) is -0.114. The molecule has 0 atom stereocenters. The summed E-state index contributed by atoms with van der Waals surface area (Å²) >= 11 is 0. The fourth-order valence-corrected chi connectivity index (χ4v) is 4.20. The third-order valence-electron chi connectivity index (χ3n) is 5.54. The molecule has 4 rings (SSSR count). The first-order valence-corrected chi connectivity index (χ1v) is 9.45. The van der Waals surface area contributed by atoms with E-state index in [1.165, 1.54) is 22.3 Å². The van der Waals surface area contributed by atoms with Gasteiger partial charge in [0.05, 0.1) is 0 Å². The van der Waals surface area contributed by atoms with Crippen molar-refractivity contribution < 1.29 is 10.0 Å². The second kappa shape index (κ2) is 7.77. The van der Waals surface area contributed by atoms with Crippen LogP contribution in [0.25, 0.3) is 0 Å². The molecule has 1 aliphatic rings. The zero-order valence-electron chi connectivity index (χ0n) is 15.2. The largest absolute Gasteiger partial charge is 0.288 e. The third-order valence-corrected chi connectivity index (χ3v) is 5.54. The first-order chi connectivity index (χ1) is 13.3. The third kappa shape index (κ3) is 3.64. The minimum atomic E-state index is -0.470. The number of hydrogen-bond donors (Lipinski definition) is 2. The number of hydrogen-bond acceptors (Lipinski definition) is 2. The summed E-state index contributed by atoms with van der Waals surface area (Å²) in [6.45, 7) is 0. The molecule has 27 heavy (non-hydrogen) atoms. The number of rotatable bonds is 4. The summed E-state index contributed by atoms with van der Waals surface area (Å²) in [5, 5.41) is 8.86. The Bertz CT molecular complexity index is 916. The molecule has 0 saturated carbocycles. The van der Waals surface area contributed by atoms with E-state index in [4.69, 9.17) is 5.21 Å². The Morgan fingerprint density at radius 2 is 1.52 bits per heavy atom. The van der Waals surface area contributed by atoms with Crippen molar-refractivity contribution in [2.75, 3.05) is 0 Å². The van der Waals surface area contributed by atoms with Gasteiger partial charge in [0.1, 0.15) is 0 Å². The van der Waals surface area contributed by atoms with Gasteiger partial charge >= 0.3 is 0 Å². The second-order valence-electron chi connectivity index (χ2n) is 7.13. The van der Waals surface area contributed by atoms with Gasteiger partial charge in [-0.2, -0.15) is 0 Å². The topological polar surface area (TPSA) is 49.3 Å². The molecule has 2 N–H and O–H groups in total. The molecule has 0 fully saturated rings. The lowest BCUT2D eigenvalue weighted by Gasteiger charge is -2.20. The zero-order chi connectivity index (χ0) is 18.6. The van der Waals surface area contributed by atoms with Crippen LogP contribution in [-0.2, 0) is 19.3 Å². The maximum atomic E-state index is 11.7. The molecular formula is C24H23NO2. The Morgan fingerprint density at radius 3 is 2.15 bits per heavy atom. The van der Waals surface area contributed by atoms with Crippen LogP contribution >= 0.6 is 0 Å². The monoisotopic (exact) mass is 357 g/mol. The Balaban J connectivity index is 1.65. The van der Waals surface area contributed by atoms with Gasteiger partial charge in [-0.25, -0.2) is 5.48 Å². The highest BCUT2D eigenvalue weighted by molar-refractivity contribution is 5.93. The average molecular weight is 357 g/mol. The van der Waals surface area contributed by atoms with Crippen molar-refractivity contribution in [1.29, 1.82) is 0 Å². The van der Waals surface area contributed by atoms with E-state index in [1.54, 1.807) is 11.5 Å². The Labute approximate surface area is 159 Å². The SMILES string of the molecule is O=C(NO)c1cccc(CCC2c3ccccc3CCc3ccccc32)c1. The molecule has 3 aromatic carbocycles. The van der Waals surface area contributed by atoms with Crippen LogP contribution in [-0.4, -0.2) is 11.1 Å². The molecule has 3 heteroatoms. The highest BCUT2D eigenvalue weighted by atomic mass is 16.5. The molecule has 136 valence electrons. The number of benzene rings is 3. The summed E-state index contributed by atoms with van der Waals surface area (Å²) in [4.78, 5) is 11.7. The van der Waals surface area contributed by atoms with Crippen LogP contribution in [0.5, 0.6) is 0 Å². The molecule has 3 nitrogen and oxygen atoms in total. The van der Waals surface area contributed by atoms with Gasteiger partial charge in [0.15, 0.2) is 0 Å². The highest BCUT2D eigenvalue weighted by Gasteiger charge is 2.23. The molecule has 0 aliphatic heterocycles. The summed E-state index contributed by atoms with van der Waals surface area (Å²) < 4.78 is 0. The number of amides is 1. The number of carbonyl (C=O) groups excluding carboxylic acids is 1. The van der Waals surface area contributed by atoms with Gasteiger partial charge in [-0.1, -0.05) is 60.7 Å². The number of hydroxylamine groups is 1. The van der Waals surface area contributed by atoms with Gasteiger partial charge in [0, 0.05) is 11.5 Å². The maximum Gasteiger partial charge on any atom is 0.274 e. The van der Waals surface area contributed by atoms with E-state index in [-0.39, 0.29) is 0 Å². The summed E-state index contributed by atoms with van der Waals surface area (Å²) in [6.07, 6.45) is 4.02. The number of aryl methyl sites for hydroxylation is 3. The van der Waals surface area contributed by atoms with Crippen molar-refractivity contribution in [3.63, 3.8) is 0 Å². The van der Waals surface area contributed by atoms with E-state index in [1.807, 2.05) is 18.2 Å². The van der Waals surface area contributed by atoms with Crippen LogP contribution in [0.2, 0.25) is 0 Å². The predicted octanol–water partition coefficient (Wildman–Crippen LogP) is 4.67. The van der Waals surface area contributed by atoms with Crippen LogP contribution in [0.4, 0.5) is 0 Å². The first-order valence-electron chi connectivity index (χ1n) is 9.45. The van der Waals surface area contributed by atoms with Crippen LogP contribution in [0.3, 0.4) is 0 Å². The standard InChI is InChI=1S/C24H23NO2/c26-24(25-27)20-9-5-6-17(16-20)12-15-23-21-10-3-1-7-18(21)13-14-19-8-2-4-11-22(19)23/h1-11,16,23,27H,12-15H2,(H,25,26). The quantitative estimate of drug-likeness (QED) is 0.527. The molecule has 0 heterocycles. The van der Waals surface area contributed by atoms with Crippen molar-refractivity contribution in [1.82, 2.24) is 5.48 Å². The molecule has 0 spiro atoms. The van der Waals surface area contributed by atoms with E-state index < -0.39 is 5.91 Å². The van der Waals surface area contributed by atoms with Crippen molar-refractivity contribution >= 4 is 5.91 Å². The summed E-state index contributed by atoms with van der Waals surface area (Å²) in [5.41, 5.74) is 9.02. The van der Waals surface area contributed by atoms with Crippen LogP contribution in [0, 0.1) is 0 Å². The fraction of sp³-hybridized carbons (Fsp3) is 0.208. The summed E-state index contributed by atoms with van der Waals surface area (Å²) in [6, 6.07) is 25.0. The molecule has 0 unspecified atom stereocenters. The zero-order valence-corrected chi connectivity index (χ0v) is 15.2. The van der Waals surface area contributed by atoms with Crippen molar-refractivity contribution in [2.45, 2.75) is 31.6 Å². The van der Waals surface area contributed by atoms with Gasteiger partial charge in [-0.15, -0.1) is 0 Å². The molecule has 1 amide bonds. The number of nitrogens with one attached hydrogen (secondary N) is 1. The molecule has 0 aromatic heterocycles. The molecule has 0 radical (unpaired) electrons. The fourth-order valence-electron chi connectivity index (χ4n) is 4.20. The number of fused-ring (bicyclic) bond motifs is 2. The van der Waals surface area contributed by atoms with Crippen molar-refractivity contribution in [3.05, 3.63) is 106 Å². The van der Waals surface area contributed by atoms with Gasteiger partial charge in [-0.3, -0.25) is 10.0 Å². The van der Waals surface area contributed by atoms with Gasteiger partial charge in [-0.05, 0) is 65.6 Å². The molecule has 3 aromatic rings. The Hall–Kier alpha value is -2.91. The van der Waals surface area contributed by atoms with Gasteiger partial charge in [0.2, 0.25) is 0 Å². The predicted molar refractivity (Wildman–Crippen MR) is 106 cm³/mol. The summed E-state index contributed by atoms with van der Waals surface area (Å²) in [7, 11) is 0. The smallest absolute Gasteiger partial charge is 0.274 e. The van der Waals surface area contributed by atoms with Crippen molar-refractivity contribution in [3.8, 4) is 0 Å². The van der Waals surface area contributed by atoms with Gasteiger partial charge < -0.3 is 0 Å². The van der Waals surface area contributed by atoms with Crippen LogP contribution < -0.4 is 5.48 Å². The maximum absolute atomic E-state index is 11.7. The lowest BCUT2D eigenvalue weighted by atomic mass is 9.84. The molecule has 0 saturated heterocycles. The Morgan fingerprint density at radius 1 is 0.889 bits per heavy atom. The van der Waals surface area contributed by atoms with E-state index in [0.29, 0.717) is 11.5 Å². The van der Waals surface area contributed by atoms with E-state index in [2.05, 4.69) is 48.5 Å². The van der Waals surface area contributed by atoms with Crippen LogP contribution in [0.15, 0.2) is 72.8 Å². The molecule has 0 bridgehead atoms. The van der Waals surface area contributed by atoms with Crippen molar-refractivity contribution in [2.24, 2.45) is 0 Å². The van der Waals surface area contributed by atoms with E-state index >= 15 is 0 Å². The first kappa shape index (κ1) is 17.5. The minimum absolute atomic E-state index is 0.357.